The third-order valence-corrected chi connectivity index (χ3v) is 4.37. The minimum atomic E-state index is -0.879. The van der Waals surface area contributed by atoms with Crippen molar-refractivity contribution in [2.45, 2.75) is 6.42 Å². The van der Waals surface area contributed by atoms with Crippen LogP contribution >= 0.6 is 11.6 Å². The molecule has 5 nitrogen and oxygen atoms in total. The zero-order valence-electron chi connectivity index (χ0n) is 13.8. The normalized spacial score (nSPS) is 16.7. The zero-order valence-corrected chi connectivity index (χ0v) is 14.5. The molecule has 1 atom stereocenters. The molecule has 3 rings (SSSR count). The molecule has 2 aromatic rings. The number of hydrogen-bond donors (Lipinski definition) is 1. The molecule has 1 fully saturated rings. The van der Waals surface area contributed by atoms with Crippen molar-refractivity contribution in [1.82, 2.24) is 0 Å². The predicted molar refractivity (Wildman–Crippen MR) is 93.5 cm³/mol. The summed E-state index contributed by atoms with van der Waals surface area (Å²) in [6, 6.07) is 8.09. The molecule has 0 aromatic heterocycles. The minimum Gasteiger partial charge on any atom is -0.495 e. The molecule has 0 saturated carbocycles. The summed E-state index contributed by atoms with van der Waals surface area (Å²) in [5.41, 5.74) is -0.0823. The summed E-state index contributed by atoms with van der Waals surface area (Å²) >= 11 is 5.98. The van der Waals surface area contributed by atoms with E-state index in [1.165, 1.54) is 18.1 Å². The second-order valence-corrected chi connectivity index (χ2v) is 6.24. The van der Waals surface area contributed by atoms with E-state index in [2.05, 4.69) is 5.32 Å². The van der Waals surface area contributed by atoms with Crippen LogP contribution in [-0.4, -0.2) is 25.5 Å². The van der Waals surface area contributed by atoms with Crippen molar-refractivity contribution in [2.24, 2.45) is 5.92 Å². The largest absolute Gasteiger partial charge is 0.495 e. The first-order valence-electron chi connectivity index (χ1n) is 7.79. The molecule has 1 aliphatic rings. The first kappa shape index (κ1) is 18.1. The Morgan fingerprint density at radius 2 is 1.96 bits per heavy atom. The molecule has 0 bridgehead atoms. The number of nitrogens with one attached hydrogen (secondary N) is 1. The van der Waals surface area contributed by atoms with E-state index in [1.54, 1.807) is 18.2 Å². The number of methoxy groups -OCH3 is 1. The average Bonchev–Trinajstić information content (AvgIpc) is 3.00. The van der Waals surface area contributed by atoms with Gasteiger partial charge >= 0.3 is 0 Å². The zero-order chi connectivity index (χ0) is 18.8. The Labute approximate surface area is 153 Å². The molecular formula is C18H15ClF2N2O3. The molecule has 8 heteroatoms. The lowest BCUT2D eigenvalue weighted by molar-refractivity contribution is -0.122. The quantitative estimate of drug-likeness (QED) is 0.881. The van der Waals surface area contributed by atoms with E-state index in [-0.39, 0.29) is 18.9 Å². The molecule has 26 heavy (non-hydrogen) atoms. The SMILES string of the molecule is COc1ccc(Cl)cc1N1CC(C(=O)Nc2c(F)cccc2F)CC1=O. The van der Waals surface area contributed by atoms with Crippen LogP contribution < -0.4 is 15.0 Å². The van der Waals surface area contributed by atoms with Crippen molar-refractivity contribution in [3.8, 4) is 5.75 Å². The van der Waals surface area contributed by atoms with Gasteiger partial charge in [0, 0.05) is 18.0 Å². The molecule has 2 amide bonds. The molecule has 1 saturated heterocycles. The highest BCUT2D eigenvalue weighted by Crippen LogP contribution is 2.35. The second kappa shape index (κ2) is 7.29. The van der Waals surface area contributed by atoms with Crippen molar-refractivity contribution in [2.75, 3.05) is 23.9 Å². The van der Waals surface area contributed by atoms with Crippen molar-refractivity contribution < 1.29 is 23.1 Å². The van der Waals surface area contributed by atoms with Crippen molar-refractivity contribution in [3.05, 3.63) is 53.1 Å². The fourth-order valence-electron chi connectivity index (χ4n) is 2.83. The number of para-hydroxylation sites is 1. The van der Waals surface area contributed by atoms with Gasteiger partial charge in [-0.05, 0) is 30.3 Å². The number of rotatable bonds is 4. The van der Waals surface area contributed by atoms with E-state index in [9.17, 15) is 18.4 Å². The van der Waals surface area contributed by atoms with Crippen molar-refractivity contribution >= 4 is 34.8 Å². The molecule has 0 radical (unpaired) electrons. The van der Waals surface area contributed by atoms with Crippen molar-refractivity contribution in [3.63, 3.8) is 0 Å². The van der Waals surface area contributed by atoms with E-state index in [0.717, 1.165) is 12.1 Å². The van der Waals surface area contributed by atoms with Crippen LogP contribution in [0.25, 0.3) is 0 Å². The number of carbonyl (C=O) groups is 2. The molecule has 0 aliphatic carbocycles. The van der Waals surface area contributed by atoms with Gasteiger partial charge in [-0.1, -0.05) is 17.7 Å². The van der Waals surface area contributed by atoms with Gasteiger partial charge < -0.3 is 15.0 Å². The molecule has 1 unspecified atom stereocenters. The van der Waals surface area contributed by atoms with Crippen LogP contribution in [0.15, 0.2) is 36.4 Å². The van der Waals surface area contributed by atoms with Gasteiger partial charge in [0.2, 0.25) is 11.8 Å². The smallest absolute Gasteiger partial charge is 0.229 e. The maximum atomic E-state index is 13.7. The minimum absolute atomic E-state index is 0.0530. The van der Waals surface area contributed by atoms with Crippen LogP contribution in [0.4, 0.5) is 20.2 Å². The van der Waals surface area contributed by atoms with E-state index in [0.29, 0.717) is 16.5 Å². The number of amides is 2. The van der Waals surface area contributed by atoms with E-state index in [4.69, 9.17) is 16.3 Å². The first-order valence-corrected chi connectivity index (χ1v) is 8.17. The molecule has 1 N–H and O–H groups in total. The predicted octanol–water partition coefficient (Wildman–Crippen LogP) is 3.62. The fourth-order valence-corrected chi connectivity index (χ4v) is 3.00. The fraction of sp³-hybridized carbons (Fsp3) is 0.222. The van der Waals surface area contributed by atoms with Crippen LogP contribution in [0.1, 0.15) is 6.42 Å². The third-order valence-electron chi connectivity index (χ3n) is 4.14. The summed E-state index contributed by atoms with van der Waals surface area (Å²) in [7, 11) is 1.46. The van der Waals surface area contributed by atoms with Gasteiger partial charge in [0.15, 0.2) is 0 Å². The molecule has 1 heterocycles. The highest BCUT2D eigenvalue weighted by Gasteiger charge is 2.36. The lowest BCUT2D eigenvalue weighted by Crippen LogP contribution is -2.28. The Balaban J connectivity index is 1.80. The van der Waals surface area contributed by atoms with Crippen LogP contribution in [0.3, 0.4) is 0 Å². The van der Waals surface area contributed by atoms with Crippen LogP contribution in [0.2, 0.25) is 5.02 Å². The summed E-state index contributed by atoms with van der Waals surface area (Å²) < 4.78 is 32.6. The number of anilines is 2. The molecule has 1 aliphatic heterocycles. The van der Waals surface area contributed by atoms with Gasteiger partial charge in [-0.25, -0.2) is 8.78 Å². The molecule has 0 spiro atoms. The van der Waals surface area contributed by atoms with Gasteiger partial charge in [-0.15, -0.1) is 0 Å². The van der Waals surface area contributed by atoms with Crippen LogP contribution in [0, 0.1) is 17.6 Å². The standard InChI is InChI=1S/C18H15ClF2N2O3/c1-26-15-6-5-11(19)8-14(15)23-9-10(7-16(23)24)18(25)22-17-12(20)3-2-4-13(17)21/h2-6,8,10H,7,9H2,1H3,(H,22,25). The summed E-state index contributed by atoms with van der Waals surface area (Å²) in [6.07, 6.45) is -0.0857. The van der Waals surface area contributed by atoms with E-state index >= 15 is 0 Å². The van der Waals surface area contributed by atoms with Gasteiger partial charge in [0.25, 0.3) is 0 Å². The average molecular weight is 381 g/mol. The Morgan fingerprint density at radius 3 is 2.62 bits per heavy atom. The van der Waals surface area contributed by atoms with Gasteiger partial charge in [-0.2, -0.15) is 0 Å². The Kier molecular flexibility index (Phi) is 5.08. The summed E-state index contributed by atoms with van der Waals surface area (Å²) in [5.74, 6) is -3.02. The monoisotopic (exact) mass is 380 g/mol. The van der Waals surface area contributed by atoms with Crippen LogP contribution in [-0.2, 0) is 9.59 Å². The maximum Gasteiger partial charge on any atom is 0.229 e. The highest BCUT2D eigenvalue weighted by molar-refractivity contribution is 6.31. The number of nitrogens with zero attached hydrogens (tertiary/aromatic N) is 1. The Bertz CT molecular complexity index is 855. The second-order valence-electron chi connectivity index (χ2n) is 5.81. The number of benzene rings is 2. The highest BCUT2D eigenvalue weighted by atomic mass is 35.5. The lowest BCUT2D eigenvalue weighted by atomic mass is 10.1. The summed E-state index contributed by atoms with van der Waals surface area (Å²) in [5, 5.41) is 2.64. The van der Waals surface area contributed by atoms with E-state index in [1.807, 2.05) is 0 Å². The number of hydrogen-bond acceptors (Lipinski definition) is 3. The first-order chi connectivity index (χ1) is 12.4. The van der Waals surface area contributed by atoms with Gasteiger partial charge in [0.1, 0.15) is 23.1 Å². The van der Waals surface area contributed by atoms with E-state index < -0.39 is 29.1 Å². The van der Waals surface area contributed by atoms with Crippen LogP contribution in [0.5, 0.6) is 5.75 Å². The lowest BCUT2D eigenvalue weighted by Gasteiger charge is -2.20. The number of ether oxygens (including phenoxy) is 1. The maximum absolute atomic E-state index is 13.7. The summed E-state index contributed by atoms with van der Waals surface area (Å²) in [6.45, 7) is 0.0530. The van der Waals surface area contributed by atoms with Gasteiger partial charge in [0.05, 0.1) is 18.7 Å². The number of halogens is 3. The van der Waals surface area contributed by atoms with Gasteiger partial charge in [-0.3, -0.25) is 9.59 Å². The Hall–Kier alpha value is -2.67. The molecule has 136 valence electrons. The number of carbonyl (C=O) groups excluding carboxylic acids is 2. The molecular weight excluding hydrogens is 366 g/mol. The Morgan fingerprint density at radius 1 is 1.27 bits per heavy atom. The summed E-state index contributed by atoms with van der Waals surface area (Å²) in [4.78, 5) is 26.1. The topological polar surface area (TPSA) is 58.6 Å². The van der Waals surface area contributed by atoms with Crippen molar-refractivity contribution in [1.29, 1.82) is 0 Å². The third kappa shape index (κ3) is 3.48. The molecule has 2 aromatic carbocycles.